The average molecular weight is 241 g/mol. The molecule has 5 heteroatoms. The van der Waals surface area contributed by atoms with Gasteiger partial charge in [0.2, 0.25) is 0 Å². The highest BCUT2D eigenvalue weighted by atomic mass is 35.5. The molecule has 1 heterocycles. The van der Waals surface area contributed by atoms with Gasteiger partial charge in [-0.15, -0.1) is 12.4 Å². The van der Waals surface area contributed by atoms with E-state index in [1.807, 2.05) is 24.3 Å². The van der Waals surface area contributed by atoms with Crippen LogP contribution in [0, 0.1) is 0 Å². The maximum atomic E-state index is 11.0. The summed E-state index contributed by atoms with van der Waals surface area (Å²) >= 11 is 0. The Balaban J connectivity index is 0.00000128. The Kier molecular flexibility index (Phi) is 3.93. The summed E-state index contributed by atoms with van der Waals surface area (Å²) in [5, 5.41) is 9.97. The van der Waals surface area contributed by atoms with Crippen molar-refractivity contribution in [1.29, 1.82) is 0 Å². The lowest BCUT2D eigenvalue weighted by Gasteiger charge is -1.97. The minimum Gasteiger partial charge on any atom is -0.477 e. The van der Waals surface area contributed by atoms with Gasteiger partial charge in [-0.1, -0.05) is 18.2 Å². The van der Waals surface area contributed by atoms with Crippen LogP contribution in [-0.2, 0) is 6.42 Å². The molecule has 0 radical (unpaired) electrons. The van der Waals surface area contributed by atoms with Gasteiger partial charge in [0, 0.05) is 10.9 Å². The van der Waals surface area contributed by atoms with E-state index in [0.29, 0.717) is 13.0 Å². The fourth-order valence-corrected chi connectivity index (χ4v) is 1.79. The predicted molar refractivity (Wildman–Crippen MR) is 65.3 cm³/mol. The van der Waals surface area contributed by atoms with Crippen LogP contribution in [0.1, 0.15) is 16.1 Å². The summed E-state index contributed by atoms with van der Waals surface area (Å²) in [7, 11) is 0. The first kappa shape index (κ1) is 12.5. The van der Waals surface area contributed by atoms with Crippen LogP contribution in [0.5, 0.6) is 0 Å². The van der Waals surface area contributed by atoms with Gasteiger partial charge in [0.05, 0.1) is 0 Å². The number of fused-ring (bicyclic) bond motifs is 1. The average Bonchev–Trinajstić information content (AvgIpc) is 2.58. The van der Waals surface area contributed by atoms with Crippen molar-refractivity contribution in [2.24, 2.45) is 5.73 Å². The number of nitrogens with one attached hydrogen (secondary N) is 1. The van der Waals surface area contributed by atoms with E-state index in [1.54, 1.807) is 0 Å². The number of halogens is 1. The van der Waals surface area contributed by atoms with Crippen molar-refractivity contribution in [3.8, 4) is 0 Å². The zero-order valence-corrected chi connectivity index (χ0v) is 9.38. The van der Waals surface area contributed by atoms with E-state index < -0.39 is 5.97 Å². The molecule has 0 fully saturated rings. The number of carboxylic acids is 1. The van der Waals surface area contributed by atoms with Crippen molar-refractivity contribution in [3.63, 3.8) is 0 Å². The lowest BCUT2D eigenvalue weighted by atomic mass is 10.1. The Morgan fingerprint density at radius 1 is 1.38 bits per heavy atom. The molecule has 1 aromatic heterocycles. The third-order valence-corrected chi connectivity index (χ3v) is 2.42. The van der Waals surface area contributed by atoms with E-state index in [-0.39, 0.29) is 18.1 Å². The van der Waals surface area contributed by atoms with Gasteiger partial charge in [-0.25, -0.2) is 4.79 Å². The molecule has 2 aromatic rings. The number of hydrogen-bond donors (Lipinski definition) is 3. The number of nitrogens with two attached hydrogens (primary N) is 1. The van der Waals surface area contributed by atoms with E-state index in [9.17, 15) is 4.79 Å². The molecule has 0 amide bonds. The van der Waals surface area contributed by atoms with Crippen molar-refractivity contribution < 1.29 is 9.90 Å². The third kappa shape index (κ3) is 2.03. The van der Waals surface area contributed by atoms with Crippen LogP contribution in [0.3, 0.4) is 0 Å². The number of aromatic carboxylic acids is 1. The van der Waals surface area contributed by atoms with Crippen LogP contribution >= 0.6 is 12.4 Å². The highest BCUT2D eigenvalue weighted by molar-refractivity contribution is 5.97. The van der Waals surface area contributed by atoms with Crippen LogP contribution in [0.4, 0.5) is 0 Å². The van der Waals surface area contributed by atoms with Gasteiger partial charge in [0.25, 0.3) is 0 Å². The highest BCUT2D eigenvalue weighted by Crippen LogP contribution is 2.22. The maximum absolute atomic E-state index is 11.0. The van der Waals surface area contributed by atoms with Gasteiger partial charge in [0.15, 0.2) is 0 Å². The quantitative estimate of drug-likeness (QED) is 0.765. The van der Waals surface area contributed by atoms with Crippen LogP contribution in [0.15, 0.2) is 24.3 Å². The van der Waals surface area contributed by atoms with Gasteiger partial charge in [-0.3, -0.25) is 0 Å². The molecule has 0 aliphatic heterocycles. The van der Waals surface area contributed by atoms with Crippen LogP contribution in [0.25, 0.3) is 10.9 Å². The lowest BCUT2D eigenvalue weighted by Crippen LogP contribution is -2.07. The SMILES string of the molecule is Cl.NCCc1c(C(=O)O)[nH]c2ccccc12. The van der Waals surface area contributed by atoms with Gasteiger partial charge in [-0.05, 0) is 24.6 Å². The Morgan fingerprint density at radius 3 is 2.69 bits per heavy atom. The second-order valence-electron chi connectivity index (χ2n) is 3.37. The smallest absolute Gasteiger partial charge is 0.352 e. The number of para-hydroxylation sites is 1. The number of rotatable bonds is 3. The number of H-pyrrole nitrogens is 1. The normalized spacial score (nSPS) is 10.1. The van der Waals surface area contributed by atoms with Crippen molar-refractivity contribution in [2.75, 3.05) is 6.54 Å². The van der Waals surface area contributed by atoms with Gasteiger partial charge >= 0.3 is 5.97 Å². The summed E-state index contributed by atoms with van der Waals surface area (Å²) in [6, 6.07) is 7.53. The molecule has 16 heavy (non-hydrogen) atoms. The molecule has 0 saturated heterocycles. The maximum Gasteiger partial charge on any atom is 0.352 e. The Morgan fingerprint density at radius 2 is 2.06 bits per heavy atom. The van der Waals surface area contributed by atoms with Gasteiger partial charge in [-0.2, -0.15) is 0 Å². The number of aromatic nitrogens is 1. The molecule has 4 N–H and O–H groups in total. The second kappa shape index (κ2) is 5.01. The molecule has 0 aliphatic rings. The predicted octanol–water partition coefficient (Wildman–Crippen LogP) is 1.79. The van der Waals surface area contributed by atoms with E-state index in [2.05, 4.69) is 4.98 Å². The molecule has 0 atom stereocenters. The van der Waals surface area contributed by atoms with Crippen LogP contribution in [0.2, 0.25) is 0 Å². The van der Waals surface area contributed by atoms with E-state index in [4.69, 9.17) is 10.8 Å². The summed E-state index contributed by atoms with van der Waals surface area (Å²) < 4.78 is 0. The molecule has 0 bridgehead atoms. The molecular formula is C11H13ClN2O2. The first-order valence-electron chi connectivity index (χ1n) is 4.77. The zero-order valence-electron chi connectivity index (χ0n) is 8.56. The number of hydrogen-bond acceptors (Lipinski definition) is 2. The molecular weight excluding hydrogens is 228 g/mol. The lowest BCUT2D eigenvalue weighted by molar-refractivity contribution is 0.0690. The highest BCUT2D eigenvalue weighted by Gasteiger charge is 2.15. The third-order valence-electron chi connectivity index (χ3n) is 2.42. The Labute approximate surface area is 98.9 Å². The molecule has 1 aromatic carbocycles. The zero-order chi connectivity index (χ0) is 10.8. The number of benzene rings is 1. The molecule has 0 aliphatic carbocycles. The van der Waals surface area contributed by atoms with Crippen molar-refractivity contribution in [1.82, 2.24) is 4.98 Å². The molecule has 0 unspecified atom stereocenters. The van der Waals surface area contributed by atoms with Crippen LogP contribution < -0.4 is 5.73 Å². The summed E-state index contributed by atoms with van der Waals surface area (Å²) in [5.41, 5.74) is 7.36. The summed E-state index contributed by atoms with van der Waals surface area (Å²) in [6.45, 7) is 0.447. The molecule has 0 saturated carbocycles. The molecule has 86 valence electrons. The number of aromatic amines is 1. The van der Waals surface area contributed by atoms with E-state index in [1.165, 1.54) is 0 Å². The fraction of sp³-hybridized carbons (Fsp3) is 0.182. The minimum atomic E-state index is -0.936. The topological polar surface area (TPSA) is 79.1 Å². The van der Waals surface area contributed by atoms with Crippen molar-refractivity contribution in [2.45, 2.75) is 6.42 Å². The summed E-state index contributed by atoms with van der Waals surface area (Å²) in [6.07, 6.45) is 0.575. The molecule has 4 nitrogen and oxygen atoms in total. The Hall–Kier alpha value is -1.52. The molecule has 0 spiro atoms. The Bertz CT molecular complexity index is 508. The first-order valence-corrected chi connectivity index (χ1v) is 4.77. The monoisotopic (exact) mass is 240 g/mol. The standard InChI is InChI=1S/C11H12N2O2.ClH/c12-6-5-8-7-3-1-2-4-9(7)13-10(8)11(14)15;/h1-4,13H,5-6,12H2,(H,14,15);1H. The largest absolute Gasteiger partial charge is 0.477 e. The second-order valence-corrected chi connectivity index (χ2v) is 3.37. The summed E-state index contributed by atoms with van der Waals surface area (Å²) in [5.74, 6) is -0.936. The minimum absolute atomic E-state index is 0. The van der Waals surface area contributed by atoms with E-state index in [0.717, 1.165) is 16.5 Å². The van der Waals surface area contributed by atoms with E-state index >= 15 is 0 Å². The van der Waals surface area contributed by atoms with Crippen molar-refractivity contribution in [3.05, 3.63) is 35.5 Å². The number of carbonyl (C=O) groups is 1. The molecule has 2 rings (SSSR count). The fourth-order valence-electron chi connectivity index (χ4n) is 1.79. The first-order chi connectivity index (χ1) is 7.24. The van der Waals surface area contributed by atoms with Crippen molar-refractivity contribution >= 4 is 29.3 Å². The summed E-state index contributed by atoms with van der Waals surface area (Å²) in [4.78, 5) is 13.9. The van der Waals surface area contributed by atoms with Gasteiger partial charge in [0.1, 0.15) is 5.69 Å². The van der Waals surface area contributed by atoms with Crippen LogP contribution in [-0.4, -0.2) is 22.6 Å². The van der Waals surface area contributed by atoms with Gasteiger partial charge < -0.3 is 15.8 Å². The number of carboxylic acid groups (broad SMARTS) is 1.